The zero-order chi connectivity index (χ0) is 11.3. The average Bonchev–Trinajstić information content (AvgIpc) is 2.14. The molecule has 0 atom stereocenters. The average molecular weight is 212 g/mol. The van der Waals surface area contributed by atoms with E-state index in [4.69, 9.17) is 9.84 Å². The molecule has 1 aromatic carbocycles. The van der Waals surface area contributed by atoms with E-state index in [-0.39, 0.29) is 18.1 Å². The minimum Gasteiger partial charge on any atom is -0.508 e. The minimum absolute atomic E-state index is 0.131. The van der Waals surface area contributed by atoms with Gasteiger partial charge in [0.15, 0.2) is 0 Å². The third-order valence-corrected chi connectivity index (χ3v) is 1.87. The lowest BCUT2D eigenvalue weighted by Gasteiger charge is -2.03. The molecule has 0 saturated carbocycles. The third kappa shape index (κ3) is 3.97. The maximum Gasteiger partial charge on any atom is 0.306 e. The van der Waals surface area contributed by atoms with Gasteiger partial charge in [0.25, 0.3) is 0 Å². The van der Waals surface area contributed by atoms with Crippen molar-refractivity contribution in [2.24, 2.45) is 0 Å². The van der Waals surface area contributed by atoms with Crippen LogP contribution in [-0.4, -0.2) is 17.7 Å². The molecule has 1 rings (SSSR count). The lowest BCUT2D eigenvalue weighted by atomic mass is 10.1. The van der Waals surface area contributed by atoms with E-state index in [1.165, 1.54) is 12.1 Å². The fraction of sp³-hybridized carbons (Fsp3) is 0.364. The summed E-state index contributed by atoms with van der Waals surface area (Å²) in [5.41, 5.74) is 0.584. The molecule has 0 aromatic heterocycles. The number of aromatic hydroxyl groups is 1. The van der Waals surface area contributed by atoms with Gasteiger partial charge in [-0.15, -0.1) is 0 Å². The van der Waals surface area contributed by atoms with E-state index in [0.29, 0.717) is 18.6 Å². The number of benzene rings is 1. The number of hydrogen-bond donors (Lipinski definition) is 1. The molecule has 3 nitrogen and oxygen atoms in total. The topological polar surface area (TPSA) is 46.5 Å². The first-order chi connectivity index (χ1) is 7.11. The van der Waals surface area contributed by atoms with Gasteiger partial charge in [-0.3, -0.25) is 4.79 Å². The number of phenolic OH excluding ortho intramolecular Hbond substituents is 1. The smallest absolute Gasteiger partial charge is 0.306 e. The quantitative estimate of drug-likeness (QED) is 0.777. The number of carbonyl (C=O) groups is 1. The Morgan fingerprint density at radius 3 is 2.80 bits per heavy atom. The number of phenols is 1. The highest BCUT2D eigenvalue weighted by Gasteiger charge is 2.04. The van der Waals surface area contributed by atoms with Crippen LogP contribution in [0.1, 0.15) is 18.9 Å². The van der Waals surface area contributed by atoms with Crippen LogP contribution in [-0.2, 0) is 16.0 Å². The zero-order valence-electron chi connectivity index (χ0n) is 8.50. The van der Waals surface area contributed by atoms with E-state index >= 15 is 0 Å². The molecule has 0 aliphatic carbocycles. The molecule has 1 N–H and O–H groups in total. The second-order valence-corrected chi connectivity index (χ2v) is 3.12. The SMILES string of the molecule is CCOC(=O)CCc1cc(O)cc(F)c1. The van der Waals surface area contributed by atoms with Crippen LogP contribution in [0.4, 0.5) is 4.39 Å². The van der Waals surface area contributed by atoms with Gasteiger partial charge in [0, 0.05) is 12.5 Å². The van der Waals surface area contributed by atoms with Gasteiger partial charge in [0.05, 0.1) is 6.61 Å². The van der Waals surface area contributed by atoms with E-state index in [1.807, 2.05) is 0 Å². The Morgan fingerprint density at radius 1 is 1.47 bits per heavy atom. The number of hydrogen-bond acceptors (Lipinski definition) is 3. The lowest BCUT2D eigenvalue weighted by molar-refractivity contribution is -0.143. The van der Waals surface area contributed by atoms with E-state index in [2.05, 4.69) is 0 Å². The van der Waals surface area contributed by atoms with E-state index < -0.39 is 5.82 Å². The van der Waals surface area contributed by atoms with Crippen molar-refractivity contribution < 1.29 is 19.0 Å². The molecule has 4 heteroatoms. The molecule has 0 spiro atoms. The van der Waals surface area contributed by atoms with Gasteiger partial charge in [-0.2, -0.15) is 0 Å². The zero-order valence-corrected chi connectivity index (χ0v) is 8.50. The molecule has 0 aliphatic rings. The fourth-order valence-corrected chi connectivity index (χ4v) is 1.26. The van der Waals surface area contributed by atoms with Crippen LogP contribution in [0.2, 0.25) is 0 Å². The largest absolute Gasteiger partial charge is 0.508 e. The Bertz CT molecular complexity index is 329. The van der Waals surface area contributed by atoms with Crippen molar-refractivity contribution in [3.8, 4) is 5.75 Å². The molecule has 0 bridgehead atoms. The van der Waals surface area contributed by atoms with E-state index in [1.54, 1.807) is 6.92 Å². The summed E-state index contributed by atoms with van der Waals surface area (Å²) in [6, 6.07) is 3.75. The minimum atomic E-state index is -0.506. The van der Waals surface area contributed by atoms with Crippen molar-refractivity contribution in [3.05, 3.63) is 29.6 Å². The fourth-order valence-electron chi connectivity index (χ4n) is 1.26. The van der Waals surface area contributed by atoms with E-state index in [0.717, 1.165) is 6.07 Å². The monoisotopic (exact) mass is 212 g/mol. The molecule has 0 amide bonds. The highest BCUT2D eigenvalue weighted by Crippen LogP contribution is 2.15. The highest BCUT2D eigenvalue weighted by atomic mass is 19.1. The Balaban J connectivity index is 2.54. The molecule has 0 unspecified atom stereocenters. The molecule has 0 fully saturated rings. The standard InChI is InChI=1S/C11H13FO3/c1-2-15-11(14)4-3-8-5-9(12)7-10(13)6-8/h5-7,13H,2-4H2,1H3. The van der Waals surface area contributed by atoms with Crippen LogP contribution in [0, 0.1) is 5.82 Å². The van der Waals surface area contributed by atoms with Gasteiger partial charge in [0.2, 0.25) is 0 Å². The summed E-state index contributed by atoms with van der Waals surface area (Å²) in [4.78, 5) is 11.0. The summed E-state index contributed by atoms with van der Waals surface area (Å²) in [7, 11) is 0. The Labute approximate surface area is 87.5 Å². The first kappa shape index (κ1) is 11.5. The van der Waals surface area contributed by atoms with Gasteiger partial charge in [-0.1, -0.05) is 0 Å². The lowest BCUT2D eigenvalue weighted by Crippen LogP contribution is -2.05. The Morgan fingerprint density at radius 2 is 2.20 bits per heavy atom. The molecular weight excluding hydrogens is 199 g/mol. The first-order valence-electron chi connectivity index (χ1n) is 4.76. The predicted octanol–water partition coefficient (Wildman–Crippen LogP) is 2.03. The van der Waals surface area contributed by atoms with Crippen molar-refractivity contribution in [2.75, 3.05) is 6.61 Å². The van der Waals surface area contributed by atoms with Crippen LogP contribution in [0.15, 0.2) is 18.2 Å². The van der Waals surface area contributed by atoms with Crippen LogP contribution in [0.3, 0.4) is 0 Å². The normalized spacial score (nSPS) is 10.0. The summed E-state index contributed by atoms with van der Waals surface area (Å²) in [6.45, 7) is 2.07. The Kier molecular flexibility index (Phi) is 4.09. The van der Waals surface area contributed by atoms with Crippen LogP contribution in [0.25, 0.3) is 0 Å². The Hall–Kier alpha value is -1.58. The second-order valence-electron chi connectivity index (χ2n) is 3.12. The predicted molar refractivity (Wildman–Crippen MR) is 53.0 cm³/mol. The van der Waals surface area contributed by atoms with Gasteiger partial charge in [-0.25, -0.2) is 4.39 Å². The van der Waals surface area contributed by atoms with Crippen molar-refractivity contribution in [2.45, 2.75) is 19.8 Å². The molecule has 1 aromatic rings. The molecule has 82 valence electrons. The van der Waals surface area contributed by atoms with Gasteiger partial charge >= 0.3 is 5.97 Å². The highest BCUT2D eigenvalue weighted by molar-refractivity contribution is 5.69. The summed E-state index contributed by atoms with van der Waals surface area (Å²) in [5, 5.41) is 9.11. The van der Waals surface area contributed by atoms with Crippen LogP contribution < -0.4 is 0 Å². The van der Waals surface area contributed by atoms with Gasteiger partial charge in [0.1, 0.15) is 11.6 Å². The van der Waals surface area contributed by atoms with Gasteiger partial charge in [-0.05, 0) is 31.0 Å². The summed E-state index contributed by atoms with van der Waals surface area (Å²) >= 11 is 0. The molecule has 15 heavy (non-hydrogen) atoms. The van der Waals surface area contributed by atoms with E-state index in [9.17, 15) is 9.18 Å². The summed E-state index contributed by atoms with van der Waals surface area (Å²) < 4.78 is 17.6. The maximum absolute atomic E-state index is 12.8. The number of esters is 1. The number of rotatable bonds is 4. The molecule has 0 radical (unpaired) electrons. The van der Waals surface area contributed by atoms with Crippen molar-refractivity contribution >= 4 is 5.97 Å². The number of ether oxygens (including phenoxy) is 1. The summed E-state index contributed by atoms with van der Waals surface area (Å²) in [6.07, 6.45) is 0.556. The van der Waals surface area contributed by atoms with Crippen molar-refractivity contribution in [3.63, 3.8) is 0 Å². The van der Waals surface area contributed by atoms with Gasteiger partial charge < -0.3 is 9.84 Å². The molecule has 0 aliphatic heterocycles. The van der Waals surface area contributed by atoms with Crippen molar-refractivity contribution in [1.82, 2.24) is 0 Å². The summed E-state index contributed by atoms with van der Waals surface area (Å²) in [5.74, 6) is -0.955. The molecule has 0 saturated heterocycles. The van der Waals surface area contributed by atoms with Crippen LogP contribution in [0.5, 0.6) is 5.75 Å². The third-order valence-electron chi connectivity index (χ3n) is 1.87. The second kappa shape index (κ2) is 5.34. The number of aryl methyl sites for hydroxylation is 1. The number of halogens is 1. The molecular formula is C11H13FO3. The van der Waals surface area contributed by atoms with Crippen LogP contribution >= 0.6 is 0 Å². The number of carbonyl (C=O) groups excluding carboxylic acids is 1. The maximum atomic E-state index is 12.8. The van der Waals surface area contributed by atoms with Crippen molar-refractivity contribution in [1.29, 1.82) is 0 Å². The first-order valence-corrected chi connectivity index (χ1v) is 4.76. The molecule has 0 heterocycles.